The van der Waals surface area contributed by atoms with Crippen molar-refractivity contribution in [2.75, 3.05) is 11.9 Å². The lowest BCUT2D eigenvalue weighted by atomic mass is 10.3. The number of aromatic nitrogens is 2. The number of para-hydroxylation sites is 1. The summed E-state index contributed by atoms with van der Waals surface area (Å²) in [6.45, 7) is 2.08. The molecule has 0 amide bonds. The van der Waals surface area contributed by atoms with Gasteiger partial charge in [-0.3, -0.25) is 4.68 Å². The molecule has 0 aliphatic heterocycles. The lowest BCUT2D eigenvalue weighted by molar-refractivity contribution is -0.141. The van der Waals surface area contributed by atoms with Gasteiger partial charge < -0.3 is 10.6 Å². The third-order valence-corrected chi connectivity index (χ3v) is 4.06. The monoisotopic (exact) mass is 394 g/mol. The summed E-state index contributed by atoms with van der Waals surface area (Å²) < 4.78 is 52.9. The van der Waals surface area contributed by atoms with Crippen molar-refractivity contribution < 1.29 is 17.6 Å². The highest BCUT2D eigenvalue weighted by molar-refractivity contribution is 7.80. The standard InChI is InChI=1S/C15H15ClF4N4S/c1-9-12(16)13(15(18,19)20)23-24(9)8-4-7-21-14(25)22-11-6-3-2-5-10(11)17/h2-3,5-6H,4,7-8H2,1H3,(H2,21,22,25). The van der Waals surface area contributed by atoms with E-state index >= 15 is 0 Å². The van der Waals surface area contributed by atoms with Crippen molar-refractivity contribution in [2.24, 2.45) is 0 Å². The summed E-state index contributed by atoms with van der Waals surface area (Å²) in [6, 6.07) is 6.06. The first-order chi connectivity index (χ1) is 11.7. The summed E-state index contributed by atoms with van der Waals surface area (Å²) in [7, 11) is 0. The van der Waals surface area contributed by atoms with Gasteiger partial charge in [-0.2, -0.15) is 18.3 Å². The number of anilines is 1. The zero-order valence-electron chi connectivity index (χ0n) is 13.1. The quantitative estimate of drug-likeness (QED) is 0.448. The molecule has 25 heavy (non-hydrogen) atoms. The molecule has 4 nitrogen and oxygen atoms in total. The van der Waals surface area contributed by atoms with Crippen LogP contribution in [0.1, 0.15) is 17.8 Å². The fourth-order valence-corrected chi connectivity index (χ4v) is 2.54. The molecule has 0 aliphatic carbocycles. The van der Waals surface area contributed by atoms with Crippen molar-refractivity contribution >= 4 is 34.6 Å². The second kappa shape index (κ2) is 8.01. The van der Waals surface area contributed by atoms with E-state index in [-0.39, 0.29) is 23.0 Å². The van der Waals surface area contributed by atoms with Crippen molar-refractivity contribution in [3.8, 4) is 0 Å². The summed E-state index contributed by atoms with van der Waals surface area (Å²) in [6.07, 6.45) is -4.13. The van der Waals surface area contributed by atoms with Crippen molar-refractivity contribution in [3.63, 3.8) is 0 Å². The molecule has 1 heterocycles. The molecule has 2 rings (SSSR count). The van der Waals surface area contributed by atoms with Gasteiger partial charge in [0.05, 0.1) is 16.4 Å². The fourth-order valence-electron chi connectivity index (χ4n) is 2.08. The van der Waals surface area contributed by atoms with E-state index in [1.54, 1.807) is 12.1 Å². The maximum Gasteiger partial charge on any atom is 0.436 e. The molecule has 1 aromatic heterocycles. The number of rotatable bonds is 5. The summed E-state index contributed by atoms with van der Waals surface area (Å²) in [4.78, 5) is 0. The SMILES string of the molecule is Cc1c(Cl)c(C(F)(F)F)nn1CCCNC(=S)Nc1ccccc1F. The summed E-state index contributed by atoms with van der Waals surface area (Å²) >= 11 is 10.7. The number of hydrogen-bond donors (Lipinski definition) is 2. The molecule has 2 N–H and O–H groups in total. The van der Waals surface area contributed by atoms with Crippen LogP contribution in [-0.4, -0.2) is 21.4 Å². The maximum atomic E-state index is 13.5. The first-order valence-electron chi connectivity index (χ1n) is 7.29. The molecule has 0 atom stereocenters. The van der Waals surface area contributed by atoms with Crippen molar-refractivity contribution in [2.45, 2.75) is 26.1 Å². The van der Waals surface area contributed by atoms with Gasteiger partial charge in [-0.25, -0.2) is 4.39 Å². The Morgan fingerprint density at radius 2 is 2.00 bits per heavy atom. The van der Waals surface area contributed by atoms with E-state index in [1.165, 1.54) is 23.7 Å². The minimum absolute atomic E-state index is 0.219. The average molecular weight is 395 g/mol. The second-order valence-electron chi connectivity index (χ2n) is 5.18. The molecule has 0 unspecified atom stereocenters. The molecule has 1 aromatic carbocycles. The van der Waals surface area contributed by atoms with Crippen LogP contribution in [-0.2, 0) is 12.7 Å². The number of hydrogen-bond acceptors (Lipinski definition) is 2. The Morgan fingerprint density at radius 1 is 1.32 bits per heavy atom. The number of aryl methyl sites for hydroxylation is 1. The Morgan fingerprint density at radius 3 is 2.60 bits per heavy atom. The van der Waals surface area contributed by atoms with E-state index in [1.807, 2.05) is 0 Å². The van der Waals surface area contributed by atoms with Crippen LogP contribution in [0.5, 0.6) is 0 Å². The van der Waals surface area contributed by atoms with Gasteiger partial charge in [-0.05, 0) is 37.7 Å². The van der Waals surface area contributed by atoms with Crippen LogP contribution in [0.4, 0.5) is 23.2 Å². The molecular formula is C15H15ClF4N4S. The van der Waals surface area contributed by atoms with Gasteiger partial charge in [-0.1, -0.05) is 23.7 Å². The molecule has 0 saturated heterocycles. The van der Waals surface area contributed by atoms with Crippen LogP contribution in [0.3, 0.4) is 0 Å². The van der Waals surface area contributed by atoms with Gasteiger partial charge in [0.1, 0.15) is 5.82 Å². The average Bonchev–Trinajstić information content (AvgIpc) is 2.82. The fraction of sp³-hybridized carbons (Fsp3) is 0.333. The largest absolute Gasteiger partial charge is 0.436 e. The molecule has 0 aliphatic rings. The lowest BCUT2D eigenvalue weighted by Crippen LogP contribution is -2.30. The minimum atomic E-state index is -4.59. The first-order valence-corrected chi connectivity index (χ1v) is 8.08. The van der Waals surface area contributed by atoms with Crippen LogP contribution in [0.25, 0.3) is 0 Å². The van der Waals surface area contributed by atoms with Gasteiger partial charge in [-0.15, -0.1) is 0 Å². The number of nitrogens with zero attached hydrogens (tertiary/aromatic N) is 2. The number of benzene rings is 1. The number of nitrogens with one attached hydrogen (secondary N) is 2. The molecular weight excluding hydrogens is 380 g/mol. The first kappa shape index (κ1) is 19.5. The predicted molar refractivity (Wildman–Crippen MR) is 92.2 cm³/mol. The minimum Gasteiger partial charge on any atom is -0.362 e. The molecule has 0 fully saturated rings. The van der Waals surface area contributed by atoms with Crippen LogP contribution in [0, 0.1) is 12.7 Å². The highest BCUT2D eigenvalue weighted by atomic mass is 35.5. The van der Waals surface area contributed by atoms with Gasteiger partial charge in [0.2, 0.25) is 0 Å². The molecule has 0 spiro atoms. The highest BCUT2D eigenvalue weighted by Gasteiger charge is 2.38. The lowest BCUT2D eigenvalue weighted by Gasteiger charge is -2.11. The summed E-state index contributed by atoms with van der Waals surface area (Å²) in [5, 5.41) is 8.90. The zero-order chi connectivity index (χ0) is 18.6. The van der Waals surface area contributed by atoms with Crippen LogP contribution in [0.2, 0.25) is 5.02 Å². The van der Waals surface area contributed by atoms with Gasteiger partial charge in [0.25, 0.3) is 0 Å². The van der Waals surface area contributed by atoms with Gasteiger partial charge >= 0.3 is 6.18 Å². The Labute approximate surface area is 152 Å². The Hall–Kier alpha value is -1.87. The van der Waals surface area contributed by atoms with E-state index < -0.39 is 22.7 Å². The number of halogens is 5. The van der Waals surface area contributed by atoms with E-state index in [0.29, 0.717) is 13.0 Å². The van der Waals surface area contributed by atoms with E-state index in [0.717, 1.165) is 0 Å². The van der Waals surface area contributed by atoms with Crippen molar-refractivity contribution in [1.29, 1.82) is 0 Å². The predicted octanol–water partition coefficient (Wildman–Crippen LogP) is 4.38. The molecule has 2 aromatic rings. The van der Waals surface area contributed by atoms with E-state index in [4.69, 9.17) is 23.8 Å². The van der Waals surface area contributed by atoms with Gasteiger partial charge in [0, 0.05) is 13.1 Å². The van der Waals surface area contributed by atoms with Crippen LogP contribution in [0.15, 0.2) is 24.3 Å². The molecule has 0 saturated carbocycles. The maximum absolute atomic E-state index is 13.5. The van der Waals surface area contributed by atoms with Gasteiger partial charge in [0.15, 0.2) is 10.8 Å². The molecule has 0 radical (unpaired) electrons. The molecule has 136 valence electrons. The second-order valence-corrected chi connectivity index (χ2v) is 5.97. The topological polar surface area (TPSA) is 41.9 Å². The molecule has 10 heteroatoms. The van der Waals surface area contributed by atoms with Crippen molar-refractivity contribution in [1.82, 2.24) is 15.1 Å². The summed E-state index contributed by atoms with van der Waals surface area (Å²) in [5.41, 5.74) is -0.595. The number of alkyl halides is 3. The highest BCUT2D eigenvalue weighted by Crippen LogP contribution is 2.35. The zero-order valence-corrected chi connectivity index (χ0v) is 14.7. The van der Waals surface area contributed by atoms with E-state index in [2.05, 4.69) is 15.7 Å². The van der Waals surface area contributed by atoms with Crippen molar-refractivity contribution in [3.05, 3.63) is 46.5 Å². The Bertz CT molecular complexity index is 760. The van der Waals surface area contributed by atoms with E-state index in [9.17, 15) is 17.6 Å². The summed E-state index contributed by atoms with van der Waals surface area (Å²) in [5.74, 6) is -0.437. The smallest absolute Gasteiger partial charge is 0.362 e. The Balaban J connectivity index is 1.84. The third kappa shape index (κ3) is 5.05. The molecule has 0 bridgehead atoms. The van der Waals surface area contributed by atoms with Crippen LogP contribution >= 0.6 is 23.8 Å². The number of thiocarbonyl (C=S) groups is 1. The third-order valence-electron chi connectivity index (χ3n) is 3.36. The Kier molecular flexibility index (Phi) is 6.23. The van der Waals surface area contributed by atoms with Crippen LogP contribution < -0.4 is 10.6 Å². The normalized spacial score (nSPS) is 11.4.